The third-order valence-corrected chi connectivity index (χ3v) is 4.83. The number of nitrogens with zero attached hydrogens (tertiary/aromatic N) is 4. The molecule has 1 atom stereocenters. The van der Waals surface area contributed by atoms with Crippen molar-refractivity contribution in [2.45, 2.75) is 45.7 Å². The van der Waals surface area contributed by atoms with Crippen LogP contribution >= 0.6 is 0 Å². The van der Waals surface area contributed by atoms with Gasteiger partial charge in [0.2, 0.25) is 0 Å². The maximum Gasteiger partial charge on any atom is 0.111 e. The Balaban J connectivity index is 1.87. The van der Waals surface area contributed by atoms with Crippen LogP contribution < -0.4 is 5.32 Å². The standard InChI is InChI=1S/C20H25N5O/c1-4-16-15(6-5-8-21-16)17-10-18(23-14-7-9-26-12-14)20-19(24-17)11-22-25(20)13(2)3/h5-6,8,10-11,13-14H,4,7,9,12H2,1-3H3,(H,23,24). The number of hydrogen-bond donors (Lipinski definition) is 1. The molecule has 0 spiro atoms. The van der Waals surface area contributed by atoms with Crippen LogP contribution in [0.1, 0.15) is 38.9 Å². The van der Waals surface area contributed by atoms with Crippen LogP contribution in [-0.4, -0.2) is 39.0 Å². The Morgan fingerprint density at radius 3 is 3.00 bits per heavy atom. The molecule has 3 aromatic heterocycles. The SMILES string of the molecule is CCc1ncccc1-c1cc(NC2CCOC2)c2c(cnn2C(C)C)n1. The Morgan fingerprint density at radius 2 is 2.27 bits per heavy atom. The second-order valence-corrected chi connectivity index (χ2v) is 7.03. The minimum absolute atomic E-state index is 0.269. The first kappa shape index (κ1) is 17.0. The Hall–Kier alpha value is -2.47. The summed E-state index contributed by atoms with van der Waals surface area (Å²) in [5.41, 5.74) is 6.11. The zero-order valence-electron chi connectivity index (χ0n) is 15.6. The lowest BCUT2D eigenvalue weighted by atomic mass is 10.1. The third-order valence-electron chi connectivity index (χ3n) is 4.83. The molecule has 136 valence electrons. The molecule has 1 saturated heterocycles. The summed E-state index contributed by atoms with van der Waals surface area (Å²) >= 11 is 0. The van der Waals surface area contributed by atoms with E-state index < -0.39 is 0 Å². The fourth-order valence-electron chi connectivity index (χ4n) is 3.52. The van der Waals surface area contributed by atoms with Crippen LogP contribution in [0.3, 0.4) is 0 Å². The molecule has 4 heterocycles. The average molecular weight is 351 g/mol. The largest absolute Gasteiger partial charge is 0.379 e. The molecule has 1 N–H and O–H groups in total. The number of hydrogen-bond acceptors (Lipinski definition) is 5. The van der Waals surface area contributed by atoms with Crippen LogP contribution in [0.4, 0.5) is 5.69 Å². The van der Waals surface area contributed by atoms with Gasteiger partial charge in [0.15, 0.2) is 0 Å². The van der Waals surface area contributed by atoms with Gasteiger partial charge in [-0.15, -0.1) is 0 Å². The van der Waals surface area contributed by atoms with Gasteiger partial charge in [0.05, 0.1) is 30.2 Å². The van der Waals surface area contributed by atoms with E-state index in [1.165, 1.54) is 0 Å². The maximum absolute atomic E-state index is 5.54. The molecule has 6 heteroatoms. The molecule has 0 amide bonds. The average Bonchev–Trinajstić information content (AvgIpc) is 3.31. The Labute approximate surface area is 153 Å². The van der Waals surface area contributed by atoms with Crippen molar-refractivity contribution < 1.29 is 4.74 Å². The number of fused-ring (bicyclic) bond motifs is 1. The summed E-state index contributed by atoms with van der Waals surface area (Å²) in [7, 11) is 0. The highest BCUT2D eigenvalue weighted by Gasteiger charge is 2.20. The van der Waals surface area contributed by atoms with Crippen molar-refractivity contribution in [3.05, 3.63) is 36.3 Å². The van der Waals surface area contributed by atoms with Crippen LogP contribution in [0.25, 0.3) is 22.3 Å². The number of rotatable bonds is 5. The molecule has 4 rings (SSSR count). The monoisotopic (exact) mass is 351 g/mol. The lowest BCUT2D eigenvalue weighted by Crippen LogP contribution is -2.20. The normalized spacial score (nSPS) is 17.3. The lowest BCUT2D eigenvalue weighted by molar-refractivity contribution is 0.195. The zero-order chi connectivity index (χ0) is 18.1. The molecule has 1 fully saturated rings. The van der Waals surface area contributed by atoms with E-state index in [0.717, 1.165) is 59.7 Å². The summed E-state index contributed by atoms with van der Waals surface area (Å²) in [6, 6.07) is 6.79. The maximum atomic E-state index is 5.54. The van der Waals surface area contributed by atoms with Gasteiger partial charge in [0, 0.05) is 30.1 Å². The van der Waals surface area contributed by atoms with E-state index in [2.05, 4.69) is 48.3 Å². The van der Waals surface area contributed by atoms with Gasteiger partial charge < -0.3 is 10.1 Å². The summed E-state index contributed by atoms with van der Waals surface area (Å²) in [6.45, 7) is 7.95. The summed E-state index contributed by atoms with van der Waals surface area (Å²) in [6.07, 6.45) is 5.59. The second-order valence-electron chi connectivity index (χ2n) is 7.03. The fourth-order valence-corrected chi connectivity index (χ4v) is 3.52. The van der Waals surface area contributed by atoms with Gasteiger partial charge in [-0.05, 0) is 44.9 Å². The first-order valence-electron chi connectivity index (χ1n) is 9.34. The van der Waals surface area contributed by atoms with E-state index in [0.29, 0.717) is 6.04 Å². The van der Waals surface area contributed by atoms with Crippen molar-refractivity contribution in [3.63, 3.8) is 0 Å². The van der Waals surface area contributed by atoms with E-state index in [9.17, 15) is 0 Å². The van der Waals surface area contributed by atoms with Crippen LogP contribution in [0.2, 0.25) is 0 Å². The number of nitrogens with one attached hydrogen (secondary N) is 1. The molecule has 0 aromatic carbocycles. The van der Waals surface area contributed by atoms with E-state index in [-0.39, 0.29) is 6.04 Å². The Kier molecular flexibility index (Phi) is 4.59. The first-order chi connectivity index (χ1) is 12.7. The molecule has 1 aliphatic heterocycles. The van der Waals surface area contributed by atoms with E-state index in [1.54, 1.807) is 0 Å². The number of ether oxygens (including phenoxy) is 1. The number of aryl methyl sites for hydroxylation is 1. The lowest BCUT2D eigenvalue weighted by Gasteiger charge is -2.17. The van der Waals surface area contributed by atoms with Crippen LogP contribution in [0.5, 0.6) is 0 Å². The smallest absolute Gasteiger partial charge is 0.111 e. The van der Waals surface area contributed by atoms with Crippen molar-refractivity contribution in [1.29, 1.82) is 0 Å². The molecule has 26 heavy (non-hydrogen) atoms. The van der Waals surface area contributed by atoms with Crippen LogP contribution in [0, 0.1) is 0 Å². The molecular formula is C20H25N5O. The molecule has 0 aliphatic carbocycles. The molecular weight excluding hydrogens is 326 g/mol. The van der Waals surface area contributed by atoms with Crippen LogP contribution in [0.15, 0.2) is 30.6 Å². The molecule has 1 aliphatic rings. The highest BCUT2D eigenvalue weighted by Crippen LogP contribution is 2.32. The zero-order valence-corrected chi connectivity index (χ0v) is 15.6. The molecule has 3 aromatic rings. The molecule has 1 unspecified atom stereocenters. The highest BCUT2D eigenvalue weighted by molar-refractivity contribution is 5.91. The van der Waals surface area contributed by atoms with Crippen molar-refractivity contribution >= 4 is 16.7 Å². The fraction of sp³-hybridized carbons (Fsp3) is 0.450. The predicted molar refractivity (Wildman–Crippen MR) is 103 cm³/mol. The number of aromatic nitrogens is 4. The number of anilines is 1. The quantitative estimate of drug-likeness (QED) is 0.757. The molecule has 0 saturated carbocycles. The highest BCUT2D eigenvalue weighted by atomic mass is 16.5. The van der Waals surface area contributed by atoms with Crippen LogP contribution in [-0.2, 0) is 11.2 Å². The minimum Gasteiger partial charge on any atom is -0.379 e. The second kappa shape index (κ2) is 7.03. The van der Waals surface area contributed by atoms with Crippen molar-refractivity contribution in [2.75, 3.05) is 18.5 Å². The van der Waals surface area contributed by atoms with Crippen molar-refractivity contribution in [2.24, 2.45) is 0 Å². The molecule has 0 radical (unpaired) electrons. The van der Waals surface area contributed by atoms with Crippen molar-refractivity contribution in [3.8, 4) is 11.3 Å². The Morgan fingerprint density at radius 1 is 1.38 bits per heavy atom. The van der Waals surface area contributed by atoms with Crippen molar-refractivity contribution in [1.82, 2.24) is 19.7 Å². The summed E-state index contributed by atoms with van der Waals surface area (Å²) in [5, 5.41) is 8.24. The number of pyridine rings is 2. The molecule has 0 bridgehead atoms. The summed E-state index contributed by atoms with van der Waals surface area (Å²) in [5.74, 6) is 0. The van der Waals surface area contributed by atoms with Gasteiger partial charge >= 0.3 is 0 Å². The third kappa shape index (κ3) is 3.05. The minimum atomic E-state index is 0.269. The Bertz CT molecular complexity index is 912. The van der Waals surface area contributed by atoms with Gasteiger partial charge in [-0.2, -0.15) is 5.10 Å². The van der Waals surface area contributed by atoms with E-state index >= 15 is 0 Å². The van der Waals surface area contributed by atoms with E-state index in [1.807, 2.05) is 23.1 Å². The van der Waals surface area contributed by atoms with Gasteiger partial charge in [-0.1, -0.05) is 6.92 Å². The first-order valence-corrected chi connectivity index (χ1v) is 9.34. The molecule has 6 nitrogen and oxygen atoms in total. The predicted octanol–water partition coefficient (Wildman–Crippen LogP) is 3.84. The van der Waals surface area contributed by atoms with Gasteiger partial charge in [0.1, 0.15) is 11.0 Å². The topological polar surface area (TPSA) is 64.9 Å². The summed E-state index contributed by atoms with van der Waals surface area (Å²) in [4.78, 5) is 9.42. The summed E-state index contributed by atoms with van der Waals surface area (Å²) < 4.78 is 7.58. The van der Waals surface area contributed by atoms with E-state index in [4.69, 9.17) is 9.72 Å². The van der Waals surface area contributed by atoms with Gasteiger partial charge in [-0.3, -0.25) is 9.67 Å². The van der Waals surface area contributed by atoms with Gasteiger partial charge in [0.25, 0.3) is 0 Å². The van der Waals surface area contributed by atoms with Gasteiger partial charge in [-0.25, -0.2) is 4.98 Å².